The molecule has 0 aliphatic carbocycles. The molecule has 0 radical (unpaired) electrons. The van der Waals surface area contributed by atoms with Gasteiger partial charge in [-0.25, -0.2) is 0 Å². The lowest BCUT2D eigenvalue weighted by Gasteiger charge is -2.36. The molecule has 25 heavy (non-hydrogen) atoms. The van der Waals surface area contributed by atoms with Crippen LogP contribution >= 0.6 is 0 Å². The van der Waals surface area contributed by atoms with E-state index in [1.54, 1.807) is 23.1 Å². The van der Waals surface area contributed by atoms with Crippen LogP contribution in [0.1, 0.15) is 24.0 Å². The summed E-state index contributed by atoms with van der Waals surface area (Å²) in [7, 11) is 0. The lowest BCUT2D eigenvalue weighted by Crippen LogP contribution is -2.52. The Morgan fingerprint density at radius 2 is 2.04 bits per heavy atom. The largest absolute Gasteiger partial charge is 0.416 e. The third-order valence-electron chi connectivity index (χ3n) is 4.60. The number of amides is 1. The number of benzene rings is 1. The average Bonchev–Trinajstić information content (AvgIpc) is 3.11. The number of halogens is 3. The molecule has 1 saturated heterocycles. The highest BCUT2D eigenvalue weighted by Crippen LogP contribution is 2.34. The molecule has 1 aliphatic heterocycles. The first-order chi connectivity index (χ1) is 11.8. The maximum Gasteiger partial charge on any atom is 0.416 e. The lowest BCUT2D eigenvalue weighted by molar-refractivity contribution is -0.138. The fraction of sp³-hybridized carbons (Fsp3) is 0.412. The Labute approximate surface area is 143 Å². The van der Waals surface area contributed by atoms with Gasteiger partial charge < -0.3 is 10.6 Å². The molecule has 1 aromatic carbocycles. The molecule has 2 heterocycles. The van der Waals surface area contributed by atoms with Crippen molar-refractivity contribution in [3.63, 3.8) is 0 Å². The second kappa shape index (κ2) is 6.51. The molecule has 1 fully saturated rings. The average molecular weight is 352 g/mol. The first-order valence-corrected chi connectivity index (χ1v) is 8.03. The molecule has 1 amide bonds. The second-order valence-electron chi connectivity index (χ2n) is 6.21. The molecule has 0 atom stereocenters. The third kappa shape index (κ3) is 3.39. The summed E-state index contributed by atoms with van der Waals surface area (Å²) in [4.78, 5) is 13.0. The molecule has 0 saturated carbocycles. The van der Waals surface area contributed by atoms with Crippen molar-refractivity contribution in [2.24, 2.45) is 0 Å². The Balaban J connectivity index is 1.90. The summed E-state index contributed by atoms with van der Waals surface area (Å²) in [6, 6.07) is 5.55. The number of anilines is 1. The van der Waals surface area contributed by atoms with Crippen LogP contribution in [-0.2, 0) is 16.5 Å². The second-order valence-corrected chi connectivity index (χ2v) is 6.21. The molecule has 5 nitrogen and oxygen atoms in total. The van der Waals surface area contributed by atoms with Crippen LogP contribution in [0.5, 0.6) is 0 Å². The third-order valence-corrected chi connectivity index (χ3v) is 4.60. The predicted molar refractivity (Wildman–Crippen MR) is 87.1 cm³/mol. The van der Waals surface area contributed by atoms with Crippen molar-refractivity contribution in [1.29, 1.82) is 0 Å². The van der Waals surface area contributed by atoms with Gasteiger partial charge >= 0.3 is 6.18 Å². The van der Waals surface area contributed by atoms with Crippen LogP contribution in [0.3, 0.4) is 0 Å². The standard InChI is InChI=1S/C17H19F3N4O/c1-12-3-4-13(11-14(12)17(18,19)20)23-15(25)16(5-8-21-9-6-16)24-10-2-7-22-24/h2-4,7,10-11,21H,5-6,8-9H2,1H3,(H,23,25). The molecular formula is C17H19F3N4O. The van der Waals surface area contributed by atoms with E-state index in [1.165, 1.54) is 19.1 Å². The number of carbonyl (C=O) groups is 1. The Morgan fingerprint density at radius 1 is 1.32 bits per heavy atom. The smallest absolute Gasteiger partial charge is 0.324 e. The number of aryl methyl sites for hydroxylation is 1. The molecule has 134 valence electrons. The van der Waals surface area contributed by atoms with Crippen molar-refractivity contribution in [2.45, 2.75) is 31.5 Å². The molecule has 1 aliphatic rings. The van der Waals surface area contributed by atoms with Crippen molar-refractivity contribution < 1.29 is 18.0 Å². The van der Waals surface area contributed by atoms with Gasteiger partial charge in [0.2, 0.25) is 0 Å². The molecular weight excluding hydrogens is 333 g/mol. The van der Waals surface area contributed by atoms with Crippen LogP contribution in [0, 0.1) is 6.92 Å². The summed E-state index contributed by atoms with van der Waals surface area (Å²) in [6.07, 6.45) is -0.137. The van der Waals surface area contributed by atoms with Gasteiger partial charge in [-0.2, -0.15) is 18.3 Å². The molecule has 2 aromatic rings. The number of nitrogens with one attached hydrogen (secondary N) is 2. The van der Waals surface area contributed by atoms with Crippen LogP contribution in [0.4, 0.5) is 18.9 Å². The van der Waals surface area contributed by atoms with E-state index in [0.29, 0.717) is 25.9 Å². The van der Waals surface area contributed by atoms with E-state index >= 15 is 0 Å². The summed E-state index contributed by atoms with van der Waals surface area (Å²) >= 11 is 0. The summed E-state index contributed by atoms with van der Waals surface area (Å²) in [6.45, 7) is 2.66. The van der Waals surface area contributed by atoms with Crippen molar-refractivity contribution >= 4 is 11.6 Å². The minimum atomic E-state index is -4.46. The van der Waals surface area contributed by atoms with Crippen LogP contribution in [0.2, 0.25) is 0 Å². The summed E-state index contributed by atoms with van der Waals surface area (Å²) in [5.74, 6) is -0.352. The normalized spacial score (nSPS) is 17.3. The van der Waals surface area contributed by atoms with Gasteiger partial charge in [0.25, 0.3) is 5.91 Å². The van der Waals surface area contributed by atoms with Crippen LogP contribution in [0.15, 0.2) is 36.7 Å². The van der Waals surface area contributed by atoms with Gasteiger partial charge in [-0.1, -0.05) is 6.07 Å². The highest BCUT2D eigenvalue weighted by atomic mass is 19.4. The van der Waals surface area contributed by atoms with Gasteiger partial charge in [-0.15, -0.1) is 0 Å². The summed E-state index contributed by atoms with van der Waals surface area (Å²) in [5, 5.41) is 10.0. The number of nitrogens with zero attached hydrogens (tertiary/aromatic N) is 2. The summed E-state index contributed by atoms with van der Waals surface area (Å²) < 4.78 is 40.9. The van der Waals surface area contributed by atoms with E-state index in [4.69, 9.17) is 0 Å². The topological polar surface area (TPSA) is 59.0 Å². The Kier molecular flexibility index (Phi) is 4.55. The molecule has 0 unspecified atom stereocenters. The zero-order valence-electron chi connectivity index (χ0n) is 13.7. The van der Waals surface area contributed by atoms with Crippen molar-refractivity contribution in [2.75, 3.05) is 18.4 Å². The zero-order valence-corrected chi connectivity index (χ0v) is 13.7. The fourth-order valence-corrected chi connectivity index (χ4v) is 3.18. The number of carbonyl (C=O) groups excluding carboxylic acids is 1. The highest BCUT2D eigenvalue weighted by molar-refractivity contribution is 5.96. The number of alkyl halides is 3. The van der Waals surface area contributed by atoms with E-state index in [-0.39, 0.29) is 17.2 Å². The van der Waals surface area contributed by atoms with E-state index in [2.05, 4.69) is 15.7 Å². The van der Waals surface area contributed by atoms with Gasteiger partial charge in [0.1, 0.15) is 5.54 Å². The Bertz CT molecular complexity index is 750. The molecule has 3 rings (SSSR count). The van der Waals surface area contributed by atoms with Crippen molar-refractivity contribution in [3.05, 3.63) is 47.8 Å². The van der Waals surface area contributed by atoms with Gasteiger partial charge in [0.15, 0.2) is 0 Å². The van der Waals surface area contributed by atoms with E-state index < -0.39 is 17.3 Å². The Hall–Kier alpha value is -2.35. The summed E-state index contributed by atoms with van der Waals surface area (Å²) in [5.41, 5.74) is -1.40. The first kappa shape index (κ1) is 17.5. The van der Waals surface area contributed by atoms with Crippen molar-refractivity contribution in [3.8, 4) is 0 Å². The van der Waals surface area contributed by atoms with E-state index in [0.717, 1.165) is 6.07 Å². The van der Waals surface area contributed by atoms with Crippen LogP contribution in [-0.4, -0.2) is 28.8 Å². The van der Waals surface area contributed by atoms with Gasteiger partial charge in [-0.3, -0.25) is 9.48 Å². The minimum absolute atomic E-state index is 0.120. The molecule has 0 spiro atoms. The van der Waals surface area contributed by atoms with Gasteiger partial charge in [-0.05, 0) is 56.6 Å². The van der Waals surface area contributed by atoms with Gasteiger partial charge in [0, 0.05) is 18.1 Å². The maximum absolute atomic E-state index is 13.1. The Morgan fingerprint density at radius 3 is 2.64 bits per heavy atom. The zero-order chi connectivity index (χ0) is 18.1. The fourth-order valence-electron chi connectivity index (χ4n) is 3.18. The highest BCUT2D eigenvalue weighted by Gasteiger charge is 2.42. The SMILES string of the molecule is Cc1ccc(NC(=O)C2(n3cccn3)CCNCC2)cc1C(F)(F)F. The monoisotopic (exact) mass is 352 g/mol. The van der Waals surface area contributed by atoms with Gasteiger partial charge in [0.05, 0.1) is 5.56 Å². The molecule has 1 aromatic heterocycles. The van der Waals surface area contributed by atoms with E-state index in [1.807, 2.05) is 0 Å². The molecule has 0 bridgehead atoms. The van der Waals surface area contributed by atoms with Crippen molar-refractivity contribution in [1.82, 2.24) is 15.1 Å². The van der Waals surface area contributed by atoms with E-state index in [9.17, 15) is 18.0 Å². The number of rotatable bonds is 3. The molecule has 2 N–H and O–H groups in total. The maximum atomic E-state index is 13.1. The minimum Gasteiger partial charge on any atom is -0.324 e. The predicted octanol–water partition coefficient (Wildman–Crippen LogP) is 2.93. The first-order valence-electron chi connectivity index (χ1n) is 8.03. The molecule has 8 heteroatoms. The lowest BCUT2D eigenvalue weighted by atomic mass is 9.87. The number of hydrogen-bond donors (Lipinski definition) is 2. The van der Waals surface area contributed by atoms with Crippen LogP contribution < -0.4 is 10.6 Å². The quantitative estimate of drug-likeness (QED) is 0.893. The van der Waals surface area contributed by atoms with Crippen LogP contribution in [0.25, 0.3) is 0 Å². The number of hydrogen-bond acceptors (Lipinski definition) is 3. The number of piperidine rings is 1. The number of aromatic nitrogens is 2.